The number of nitrogens with one attached hydrogen (secondary N) is 1. The Morgan fingerprint density at radius 1 is 1.56 bits per heavy atom. The van der Waals surface area contributed by atoms with Crippen LogP contribution in [0.25, 0.3) is 0 Å². The third kappa shape index (κ3) is 1.96. The molecule has 88 valence electrons. The Balaban J connectivity index is 2.50. The molecule has 1 amide bonds. The first-order chi connectivity index (χ1) is 7.43. The van der Waals surface area contributed by atoms with Crippen LogP contribution in [0.3, 0.4) is 0 Å². The number of sulfonamides is 1. The molecule has 0 atom stereocenters. The summed E-state index contributed by atoms with van der Waals surface area (Å²) in [7, 11) is -2.25. The van der Waals surface area contributed by atoms with E-state index in [4.69, 9.17) is 5.14 Å². The van der Waals surface area contributed by atoms with Crippen molar-refractivity contribution in [3.63, 3.8) is 0 Å². The molecule has 0 saturated heterocycles. The smallest absolute Gasteiger partial charge is 0.267 e. The van der Waals surface area contributed by atoms with Crippen molar-refractivity contribution in [1.29, 1.82) is 0 Å². The second kappa shape index (κ2) is 3.60. The fourth-order valence-corrected chi connectivity index (χ4v) is 2.11. The van der Waals surface area contributed by atoms with Crippen LogP contribution < -0.4 is 10.5 Å². The predicted molar refractivity (Wildman–Crippen MR) is 57.5 cm³/mol. The second-order valence-electron chi connectivity index (χ2n) is 3.82. The standard InChI is InChI=1S/C9H13N3O3S/c1-11-9(13)8-4-7(16(10,14)15)5-12(8)6-2-3-6/h4-6H,2-3H2,1H3,(H,11,13)(H2,10,14,15). The molecule has 3 N–H and O–H groups in total. The topological polar surface area (TPSA) is 94.2 Å². The SMILES string of the molecule is CNC(=O)c1cc(S(N)(=O)=O)cn1C1CC1. The highest BCUT2D eigenvalue weighted by molar-refractivity contribution is 7.89. The highest BCUT2D eigenvalue weighted by atomic mass is 32.2. The van der Waals surface area contributed by atoms with Crippen LogP contribution in [0.15, 0.2) is 17.2 Å². The number of hydrogen-bond donors (Lipinski definition) is 2. The van der Waals surface area contributed by atoms with Gasteiger partial charge in [0.25, 0.3) is 5.91 Å². The first-order valence-electron chi connectivity index (χ1n) is 4.90. The molecule has 0 unspecified atom stereocenters. The molecular formula is C9H13N3O3S. The fourth-order valence-electron chi connectivity index (χ4n) is 1.57. The number of aromatic nitrogens is 1. The molecule has 0 bridgehead atoms. The van der Waals surface area contributed by atoms with Gasteiger partial charge in [0.15, 0.2) is 0 Å². The van der Waals surface area contributed by atoms with E-state index in [0.717, 1.165) is 12.8 Å². The van der Waals surface area contributed by atoms with Crippen LogP contribution in [0.1, 0.15) is 29.4 Å². The predicted octanol–water partition coefficient (Wildman–Crippen LogP) is -0.170. The lowest BCUT2D eigenvalue weighted by molar-refractivity contribution is 0.0953. The molecule has 2 rings (SSSR count). The van der Waals surface area contributed by atoms with E-state index in [0.29, 0.717) is 5.69 Å². The number of carbonyl (C=O) groups is 1. The zero-order valence-electron chi connectivity index (χ0n) is 8.80. The molecule has 1 aliphatic rings. The number of nitrogens with two attached hydrogens (primary N) is 1. The van der Waals surface area contributed by atoms with Crippen LogP contribution in [0.4, 0.5) is 0 Å². The zero-order valence-corrected chi connectivity index (χ0v) is 9.62. The summed E-state index contributed by atoms with van der Waals surface area (Å²) in [5.41, 5.74) is 0.342. The minimum Gasteiger partial charge on any atom is -0.354 e. The van der Waals surface area contributed by atoms with Crippen LogP contribution in [-0.2, 0) is 10.0 Å². The molecule has 0 aliphatic heterocycles. The minimum atomic E-state index is -3.75. The lowest BCUT2D eigenvalue weighted by Crippen LogP contribution is -2.21. The van der Waals surface area contributed by atoms with E-state index in [1.54, 1.807) is 4.57 Å². The maximum Gasteiger partial charge on any atom is 0.267 e. The highest BCUT2D eigenvalue weighted by Crippen LogP contribution is 2.37. The molecule has 0 spiro atoms. The van der Waals surface area contributed by atoms with Gasteiger partial charge in [0.2, 0.25) is 10.0 Å². The Morgan fingerprint density at radius 3 is 2.62 bits per heavy atom. The molecular weight excluding hydrogens is 230 g/mol. The summed E-state index contributed by atoms with van der Waals surface area (Å²) < 4.78 is 24.0. The van der Waals surface area contributed by atoms with Crippen molar-refractivity contribution in [2.75, 3.05) is 7.05 Å². The molecule has 16 heavy (non-hydrogen) atoms. The van der Waals surface area contributed by atoms with Crippen molar-refractivity contribution in [3.05, 3.63) is 18.0 Å². The third-order valence-corrected chi connectivity index (χ3v) is 3.43. The Kier molecular flexibility index (Phi) is 2.51. The van der Waals surface area contributed by atoms with Gasteiger partial charge in [-0.2, -0.15) is 0 Å². The van der Waals surface area contributed by atoms with Crippen molar-refractivity contribution in [2.45, 2.75) is 23.8 Å². The van der Waals surface area contributed by atoms with Crippen LogP contribution in [0, 0.1) is 0 Å². The summed E-state index contributed by atoms with van der Waals surface area (Å²) in [6, 6.07) is 1.54. The van der Waals surface area contributed by atoms with Gasteiger partial charge in [-0.1, -0.05) is 0 Å². The number of hydrogen-bond acceptors (Lipinski definition) is 3. The molecule has 1 heterocycles. The average Bonchev–Trinajstić information content (AvgIpc) is 2.94. The van der Waals surface area contributed by atoms with Crippen molar-refractivity contribution in [3.8, 4) is 0 Å². The first kappa shape index (κ1) is 11.2. The molecule has 7 heteroatoms. The quantitative estimate of drug-likeness (QED) is 0.771. The maximum absolute atomic E-state index is 11.5. The average molecular weight is 243 g/mol. The summed E-state index contributed by atoms with van der Waals surface area (Å²) in [6.07, 6.45) is 3.35. The molecule has 1 fully saturated rings. The summed E-state index contributed by atoms with van der Waals surface area (Å²) in [6.45, 7) is 0. The van der Waals surface area contributed by atoms with E-state index in [2.05, 4.69) is 5.32 Å². The van der Waals surface area contributed by atoms with Crippen LogP contribution in [0.5, 0.6) is 0 Å². The number of carbonyl (C=O) groups excluding carboxylic acids is 1. The lowest BCUT2D eigenvalue weighted by atomic mass is 10.4. The molecule has 0 radical (unpaired) electrons. The molecule has 0 aromatic carbocycles. The van der Waals surface area contributed by atoms with Gasteiger partial charge >= 0.3 is 0 Å². The Hall–Kier alpha value is -1.34. The normalized spacial score (nSPS) is 16.1. The molecule has 1 aromatic rings. The van der Waals surface area contributed by atoms with Crippen LogP contribution >= 0.6 is 0 Å². The lowest BCUT2D eigenvalue weighted by Gasteiger charge is -2.04. The van der Waals surface area contributed by atoms with E-state index < -0.39 is 10.0 Å². The van der Waals surface area contributed by atoms with Crippen molar-refractivity contribution < 1.29 is 13.2 Å². The van der Waals surface area contributed by atoms with E-state index in [-0.39, 0.29) is 16.8 Å². The van der Waals surface area contributed by atoms with Gasteiger partial charge < -0.3 is 9.88 Å². The van der Waals surface area contributed by atoms with Gasteiger partial charge in [-0.25, -0.2) is 13.6 Å². The zero-order chi connectivity index (χ0) is 11.9. The van der Waals surface area contributed by atoms with Gasteiger partial charge in [0.05, 0.1) is 0 Å². The van der Waals surface area contributed by atoms with Crippen molar-refractivity contribution in [2.24, 2.45) is 5.14 Å². The number of rotatable bonds is 3. The van der Waals surface area contributed by atoms with E-state index in [1.165, 1.54) is 19.3 Å². The summed E-state index contributed by atoms with van der Waals surface area (Å²) in [5.74, 6) is -0.304. The van der Waals surface area contributed by atoms with Crippen LogP contribution in [-0.4, -0.2) is 25.9 Å². The van der Waals surface area contributed by atoms with Crippen molar-refractivity contribution in [1.82, 2.24) is 9.88 Å². The van der Waals surface area contributed by atoms with Gasteiger partial charge in [-0.05, 0) is 18.9 Å². The van der Waals surface area contributed by atoms with Crippen molar-refractivity contribution >= 4 is 15.9 Å². The number of primary sulfonamides is 1. The molecule has 1 aliphatic carbocycles. The molecule has 6 nitrogen and oxygen atoms in total. The van der Waals surface area contributed by atoms with E-state index in [9.17, 15) is 13.2 Å². The van der Waals surface area contributed by atoms with Gasteiger partial charge in [-0.15, -0.1) is 0 Å². The monoisotopic (exact) mass is 243 g/mol. The van der Waals surface area contributed by atoms with Gasteiger partial charge in [-0.3, -0.25) is 4.79 Å². The summed E-state index contributed by atoms with van der Waals surface area (Å²) in [4.78, 5) is 11.5. The second-order valence-corrected chi connectivity index (χ2v) is 5.39. The summed E-state index contributed by atoms with van der Waals surface area (Å²) >= 11 is 0. The van der Waals surface area contributed by atoms with E-state index in [1.807, 2.05) is 0 Å². The summed E-state index contributed by atoms with van der Waals surface area (Å²) in [5, 5.41) is 7.50. The highest BCUT2D eigenvalue weighted by Gasteiger charge is 2.29. The molecule has 1 aromatic heterocycles. The maximum atomic E-state index is 11.5. The Morgan fingerprint density at radius 2 is 2.19 bits per heavy atom. The fraction of sp³-hybridized carbons (Fsp3) is 0.444. The number of amides is 1. The Labute approximate surface area is 93.5 Å². The van der Waals surface area contributed by atoms with Gasteiger partial charge in [0, 0.05) is 19.3 Å². The largest absolute Gasteiger partial charge is 0.354 e. The Bertz CT molecular complexity index is 528. The number of nitrogens with zero attached hydrogens (tertiary/aromatic N) is 1. The van der Waals surface area contributed by atoms with Gasteiger partial charge in [0.1, 0.15) is 10.6 Å². The van der Waals surface area contributed by atoms with Crippen LogP contribution in [0.2, 0.25) is 0 Å². The first-order valence-corrected chi connectivity index (χ1v) is 6.45. The minimum absolute atomic E-state index is 0.0157. The van der Waals surface area contributed by atoms with E-state index >= 15 is 0 Å². The third-order valence-electron chi connectivity index (χ3n) is 2.55. The molecule has 1 saturated carbocycles.